The number of carbonyl (C=O) groups is 3. The highest BCUT2D eigenvalue weighted by molar-refractivity contribution is 6.02. The Labute approximate surface area is 224 Å². The highest BCUT2D eigenvalue weighted by Crippen LogP contribution is 2.29. The third-order valence-electron chi connectivity index (χ3n) is 7.34. The van der Waals surface area contributed by atoms with Crippen molar-refractivity contribution in [2.75, 3.05) is 36.4 Å². The molecular weight excluding hydrogens is 483 g/mol. The Kier molecular flexibility index (Phi) is 9.37. The number of benzene rings is 2. The normalized spacial score (nSPS) is 16.4. The van der Waals surface area contributed by atoms with Crippen molar-refractivity contribution in [2.45, 2.75) is 58.9 Å². The van der Waals surface area contributed by atoms with Crippen LogP contribution in [0, 0.1) is 17.7 Å². The summed E-state index contributed by atoms with van der Waals surface area (Å²) in [5.41, 5.74) is 2.60. The minimum absolute atomic E-state index is 0.0961. The smallest absolute Gasteiger partial charge is 0.253 e. The monoisotopic (exact) mass is 522 g/mol. The van der Waals surface area contributed by atoms with Crippen LogP contribution in [0.2, 0.25) is 0 Å². The van der Waals surface area contributed by atoms with E-state index in [2.05, 4.69) is 15.5 Å². The number of nitrogens with zero attached hydrogens (tertiary/aromatic N) is 2. The number of nitrogens with one attached hydrogen (secondary N) is 2. The van der Waals surface area contributed by atoms with Gasteiger partial charge in [-0.15, -0.1) is 0 Å². The van der Waals surface area contributed by atoms with Crippen LogP contribution in [0.25, 0.3) is 0 Å². The van der Waals surface area contributed by atoms with E-state index in [-0.39, 0.29) is 41.9 Å². The van der Waals surface area contributed by atoms with Crippen molar-refractivity contribution in [1.29, 1.82) is 0 Å². The standard InChI is InChI=1S/C30H39FN4O3/c1-21(2)18-28(36)33-25-12-13-27(26(19-25)29(37)32-20-22-8-10-24(31)11-9-22)34-14-5-15-35(17-16-34)30(38)23-6-3-4-7-23/h8-13,19,21,23H,3-7,14-18,20H2,1-2H3,(H,32,37)(H,33,36). The fourth-order valence-corrected chi connectivity index (χ4v) is 5.34. The molecule has 2 N–H and O–H groups in total. The Balaban J connectivity index is 1.51. The number of hydrogen-bond donors (Lipinski definition) is 2. The molecule has 0 spiro atoms. The number of halogens is 1. The van der Waals surface area contributed by atoms with E-state index < -0.39 is 0 Å². The summed E-state index contributed by atoms with van der Waals surface area (Å²) in [5.74, 6) is -0.0462. The number of carbonyl (C=O) groups excluding carboxylic acids is 3. The Morgan fingerprint density at radius 2 is 1.68 bits per heavy atom. The molecule has 1 aliphatic heterocycles. The second-order valence-electron chi connectivity index (χ2n) is 10.8. The Bertz CT molecular complexity index is 1130. The molecule has 3 amide bonds. The van der Waals surface area contributed by atoms with Crippen molar-refractivity contribution in [3.05, 3.63) is 59.4 Å². The third-order valence-corrected chi connectivity index (χ3v) is 7.34. The molecule has 2 aromatic rings. The zero-order valence-electron chi connectivity index (χ0n) is 22.5. The van der Waals surface area contributed by atoms with Gasteiger partial charge in [-0.3, -0.25) is 14.4 Å². The van der Waals surface area contributed by atoms with Crippen molar-refractivity contribution < 1.29 is 18.8 Å². The van der Waals surface area contributed by atoms with Crippen LogP contribution in [0.15, 0.2) is 42.5 Å². The van der Waals surface area contributed by atoms with Gasteiger partial charge in [-0.1, -0.05) is 38.8 Å². The molecule has 2 aliphatic rings. The number of amides is 3. The first-order valence-electron chi connectivity index (χ1n) is 13.8. The van der Waals surface area contributed by atoms with Gasteiger partial charge in [0.05, 0.1) is 5.56 Å². The number of anilines is 2. The van der Waals surface area contributed by atoms with E-state index in [4.69, 9.17) is 0 Å². The van der Waals surface area contributed by atoms with Crippen LogP contribution in [0.4, 0.5) is 15.8 Å². The molecule has 2 aromatic carbocycles. The second-order valence-corrected chi connectivity index (χ2v) is 10.8. The van der Waals surface area contributed by atoms with E-state index in [0.29, 0.717) is 30.8 Å². The minimum atomic E-state index is -0.325. The molecule has 8 heteroatoms. The van der Waals surface area contributed by atoms with Crippen LogP contribution < -0.4 is 15.5 Å². The zero-order chi connectivity index (χ0) is 27.1. The fourth-order valence-electron chi connectivity index (χ4n) is 5.34. The summed E-state index contributed by atoms with van der Waals surface area (Å²) < 4.78 is 13.3. The molecule has 38 heavy (non-hydrogen) atoms. The summed E-state index contributed by atoms with van der Waals surface area (Å²) in [5, 5.41) is 5.85. The first kappa shape index (κ1) is 27.6. The third kappa shape index (κ3) is 7.33. The molecule has 7 nitrogen and oxygen atoms in total. The van der Waals surface area contributed by atoms with Gasteiger partial charge in [0.2, 0.25) is 11.8 Å². The van der Waals surface area contributed by atoms with Crippen LogP contribution in [0.1, 0.15) is 68.3 Å². The van der Waals surface area contributed by atoms with E-state index in [0.717, 1.165) is 56.4 Å². The quantitative estimate of drug-likeness (QED) is 0.513. The van der Waals surface area contributed by atoms with Crippen LogP contribution in [-0.4, -0.2) is 48.8 Å². The molecule has 0 unspecified atom stereocenters. The molecule has 0 bridgehead atoms. The SMILES string of the molecule is CC(C)CC(=O)Nc1ccc(N2CCCN(C(=O)C3CCCC3)CC2)c(C(=O)NCc2ccc(F)cc2)c1. The molecule has 0 aromatic heterocycles. The van der Waals surface area contributed by atoms with E-state index in [1.165, 1.54) is 12.1 Å². The van der Waals surface area contributed by atoms with Gasteiger partial charge in [-0.2, -0.15) is 0 Å². The molecule has 204 valence electrons. The fraction of sp³-hybridized carbons (Fsp3) is 0.500. The van der Waals surface area contributed by atoms with E-state index in [1.54, 1.807) is 18.2 Å². The maximum atomic E-state index is 13.4. The molecule has 2 fully saturated rings. The lowest BCUT2D eigenvalue weighted by atomic mass is 10.1. The molecule has 0 radical (unpaired) electrons. The van der Waals surface area contributed by atoms with Crippen molar-refractivity contribution in [3.63, 3.8) is 0 Å². The predicted octanol–water partition coefficient (Wildman–Crippen LogP) is 4.97. The van der Waals surface area contributed by atoms with E-state index in [9.17, 15) is 18.8 Å². The molecule has 0 atom stereocenters. The Hall–Kier alpha value is -3.42. The van der Waals surface area contributed by atoms with Gasteiger partial charge in [-0.25, -0.2) is 4.39 Å². The maximum absolute atomic E-state index is 13.4. The van der Waals surface area contributed by atoms with Gasteiger partial charge in [0.25, 0.3) is 5.91 Å². The number of rotatable bonds is 8. The highest BCUT2D eigenvalue weighted by Gasteiger charge is 2.29. The topological polar surface area (TPSA) is 81.8 Å². The van der Waals surface area contributed by atoms with Crippen LogP contribution in [0.3, 0.4) is 0 Å². The lowest BCUT2D eigenvalue weighted by molar-refractivity contribution is -0.135. The van der Waals surface area contributed by atoms with Gasteiger partial charge in [0.15, 0.2) is 0 Å². The van der Waals surface area contributed by atoms with Crippen molar-refractivity contribution >= 4 is 29.1 Å². The van der Waals surface area contributed by atoms with Gasteiger partial charge in [-0.05, 0) is 61.1 Å². The van der Waals surface area contributed by atoms with E-state index >= 15 is 0 Å². The molecule has 4 rings (SSSR count). The van der Waals surface area contributed by atoms with E-state index in [1.807, 2.05) is 30.9 Å². The maximum Gasteiger partial charge on any atom is 0.253 e. The largest absolute Gasteiger partial charge is 0.369 e. The van der Waals surface area contributed by atoms with Crippen LogP contribution in [-0.2, 0) is 16.1 Å². The van der Waals surface area contributed by atoms with Crippen LogP contribution >= 0.6 is 0 Å². The predicted molar refractivity (Wildman–Crippen MR) is 147 cm³/mol. The first-order chi connectivity index (χ1) is 18.3. The summed E-state index contributed by atoms with van der Waals surface area (Å²) in [6, 6.07) is 11.5. The molecule has 1 aliphatic carbocycles. The summed E-state index contributed by atoms with van der Waals surface area (Å²) in [4.78, 5) is 43.0. The summed E-state index contributed by atoms with van der Waals surface area (Å²) >= 11 is 0. The molecular formula is C30H39FN4O3. The van der Waals surface area contributed by atoms with Gasteiger partial charge in [0, 0.05) is 56.4 Å². The first-order valence-corrected chi connectivity index (χ1v) is 13.8. The van der Waals surface area contributed by atoms with Crippen molar-refractivity contribution in [2.24, 2.45) is 11.8 Å². The number of hydrogen-bond acceptors (Lipinski definition) is 4. The zero-order valence-corrected chi connectivity index (χ0v) is 22.5. The van der Waals surface area contributed by atoms with Crippen LogP contribution in [0.5, 0.6) is 0 Å². The van der Waals surface area contributed by atoms with Gasteiger partial charge < -0.3 is 20.4 Å². The molecule has 1 heterocycles. The average Bonchev–Trinajstić information content (AvgIpc) is 3.32. The van der Waals surface area contributed by atoms with Crippen molar-refractivity contribution in [1.82, 2.24) is 10.2 Å². The molecule has 1 saturated heterocycles. The highest BCUT2D eigenvalue weighted by atomic mass is 19.1. The Morgan fingerprint density at radius 1 is 0.947 bits per heavy atom. The lowest BCUT2D eigenvalue weighted by Crippen LogP contribution is -2.38. The Morgan fingerprint density at radius 3 is 2.39 bits per heavy atom. The minimum Gasteiger partial charge on any atom is -0.369 e. The second kappa shape index (κ2) is 12.9. The summed E-state index contributed by atoms with van der Waals surface area (Å²) in [7, 11) is 0. The summed E-state index contributed by atoms with van der Waals surface area (Å²) in [6.45, 7) is 6.93. The van der Waals surface area contributed by atoms with Gasteiger partial charge in [0.1, 0.15) is 5.82 Å². The van der Waals surface area contributed by atoms with Crippen molar-refractivity contribution in [3.8, 4) is 0 Å². The van der Waals surface area contributed by atoms with Gasteiger partial charge >= 0.3 is 0 Å². The molecule has 1 saturated carbocycles. The average molecular weight is 523 g/mol. The lowest BCUT2D eigenvalue weighted by Gasteiger charge is -2.27. The summed E-state index contributed by atoms with van der Waals surface area (Å²) in [6.07, 6.45) is 5.45.